The highest BCUT2D eigenvalue weighted by molar-refractivity contribution is 5.47. The molecule has 0 atom stereocenters. The molecule has 0 unspecified atom stereocenters. The standard InChI is InChI=1S/C13H18N4O/c1-3-11-16-12(14-4-2)7-13(17-11)15-8-10-5-6-18-9-10/h5-7,9H,3-4,8H2,1-2H3,(H2,14,15,16,17). The molecule has 2 rings (SSSR count). The number of anilines is 2. The summed E-state index contributed by atoms with van der Waals surface area (Å²) in [6, 6.07) is 3.85. The highest BCUT2D eigenvalue weighted by Crippen LogP contribution is 2.13. The van der Waals surface area contributed by atoms with Gasteiger partial charge in [-0.15, -0.1) is 0 Å². The third-order valence-electron chi connectivity index (χ3n) is 2.50. The average molecular weight is 246 g/mol. The number of aromatic nitrogens is 2. The lowest BCUT2D eigenvalue weighted by Gasteiger charge is -2.09. The molecule has 5 heteroatoms. The highest BCUT2D eigenvalue weighted by Gasteiger charge is 2.03. The largest absolute Gasteiger partial charge is 0.472 e. The van der Waals surface area contributed by atoms with E-state index in [1.54, 1.807) is 12.5 Å². The van der Waals surface area contributed by atoms with E-state index >= 15 is 0 Å². The normalized spacial score (nSPS) is 10.3. The molecule has 0 spiro atoms. The molecule has 2 N–H and O–H groups in total. The van der Waals surface area contributed by atoms with Gasteiger partial charge in [0.1, 0.15) is 17.5 Å². The van der Waals surface area contributed by atoms with Crippen LogP contribution in [0.2, 0.25) is 0 Å². The highest BCUT2D eigenvalue weighted by atomic mass is 16.3. The van der Waals surface area contributed by atoms with Gasteiger partial charge in [-0.05, 0) is 13.0 Å². The zero-order valence-corrected chi connectivity index (χ0v) is 10.7. The van der Waals surface area contributed by atoms with Gasteiger partial charge in [-0.3, -0.25) is 0 Å². The van der Waals surface area contributed by atoms with Crippen LogP contribution >= 0.6 is 0 Å². The minimum atomic E-state index is 0.697. The van der Waals surface area contributed by atoms with E-state index in [1.165, 1.54) is 0 Å². The Bertz CT molecular complexity index is 482. The molecule has 0 aliphatic carbocycles. The fraction of sp³-hybridized carbons (Fsp3) is 0.385. The van der Waals surface area contributed by atoms with Crippen LogP contribution in [0.25, 0.3) is 0 Å². The molecule has 2 aromatic heterocycles. The van der Waals surface area contributed by atoms with Crippen LogP contribution in [0.3, 0.4) is 0 Å². The molecule has 0 radical (unpaired) electrons. The first-order valence-electron chi connectivity index (χ1n) is 6.18. The summed E-state index contributed by atoms with van der Waals surface area (Å²) in [6.45, 7) is 5.64. The molecule has 0 bridgehead atoms. The molecule has 0 aromatic carbocycles. The van der Waals surface area contributed by atoms with Crippen molar-refractivity contribution in [1.29, 1.82) is 0 Å². The number of hydrogen-bond donors (Lipinski definition) is 2. The Labute approximate surface area is 107 Å². The van der Waals surface area contributed by atoms with Gasteiger partial charge in [-0.1, -0.05) is 6.92 Å². The second kappa shape index (κ2) is 6.05. The lowest BCUT2D eigenvalue weighted by atomic mass is 10.3. The van der Waals surface area contributed by atoms with E-state index < -0.39 is 0 Å². The van der Waals surface area contributed by atoms with Gasteiger partial charge in [0.25, 0.3) is 0 Å². The molecule has 2 aromatic rings. The quantitative estimate of drug-likeness (QED) is 0.820. The molecule has 18 heavy (non-hydrogen) atoms. The van der Waals surface area contributed by atoms with Gasteiger partial charge in [0, 0.05) is 31.1 Å². The summed E-state index contributed by atoms with van der Waals surface area (Å²) < 4.78 is 5.03. The van der Waals surface area contributed by atoms with Crippen LogP contribution in [0.4, 0.5) is 11.6 Å². The van der Waals surface area contributed by atoms with Crippen molar-refractivity contribution in [3.8, 4) is 0 Å². The summed E-state index contributed by atoms with van der Waals surface area (Å²) in [5.74, 6) is 2.53. The molecule has 2 heterocycles. The first kappa shape index (κ1) is 12.4. The van der Waals surface area contributed by atoms with Gasteiger partial charge in [0.05, 0.1) is 12.5 Å². The minimum Gasteiger partial charge on any atom is -0.472 e. The number of nitrogens with one attached hydrogen (secondary N) is 2. The van der Waals surface area contributed by atoms with E-state index in [1.807, 2.05) is 26.0 Å². The van der Waals surface area contributed by atoms with E-state index in [4.69, 9.17) is 4.42 Å². The van der Waals surface area contributed by atoms with Crippen molar-refractivity contribution >= 4 is 11.6 Å². The Kier molecular flexibility index (Phi) is 4.17. The summed E-state index contributed by atoms with van der Waals surface area (Å²) in [7, 11) is 0. The average Bonchev–Trinajstić information content (AvgIpc) is 2.89. The van der Waals surface area contributed by atoms with Gasteiger partial charge in [-0.25, -0.2) is 9.97 Å². The van der Waals surface area contributed by atoms with Crippen LogP contribution in [0.15, 0.2) is 29.1 Å². The summed E-state index contributed by atoms with van der Waals surface area (Å²) in [5.41, 5.74) is 1.09. The first-order valence-corrected chi connectivity index (χ1v) is 6.18. The van der Waals surface area contributed by atoms with Crippen LogP contribution in [-0.2, 0) is 13.0 Å². The second-order valence-electron chi connectivity index (χ2n) is 3.92. The number of hydrogen-bond acceptors (Lipinski definition) is 5. The minimum absolute atomic E-state index is 0.697. The van der Waals surface area contributed by atoms with E-state index in [0.29, 0.717) is 6.54 Å². The fourth-order valence-electron chi connectivity index (χ4n) is 1.60. The van der Waals surface area contributed by atoms with E-state index in [0.717, 1.165) is 36.0 Å². The zero-order chi connectivity index (χ0) is 12.8. The van der Waals surface area contributed by atoms with Crippen LogP contribution in [-0.4, -0.2) is 16.5 Å². The van der Waals surface area contributed by atoms with E-state index in [2.05, 4.69) is 20.6 Å². The van der Waals surface area contributed by atoms with Crippen molar-refractivity contribution in [2.24, 2.45) is 0 Å². The number of furan rings is 1. The van der Waals surface area contributed by atoms with E-state index in [-0.39, 0.29) is 0 Å². The van der Waals surface area contributed by atoms with Crippen molar-refractivity contribution in [3.05, 3.63) is 36.0 Å². The predicted octanol–water partition coefficient (Wildman–Crippen LogP) is 2.68. The molecular weight excluding hydrogens is 228 g/mol. The molecule has 0 aliphatic rings. The SMILES string of the molecule is CCNc1cc(NCc2ccoc2)nc(CC)n1. The maximum atomic E-state index is 5.03. The monoisotopic (exact) mass is 246 g/mol. The summed E-state index contributed by atoms with van der Waals surface area (Å²) >= 11 is 0. The topological polar surface area (TPSA) is 63.0 Å². The second-order valence-corrected chi connectivity index (χ2v) is 3.92. The van der Waals surface area contributed by atoms with Crippen LogP contribution < -0.4 is 10.6 Å². The molecule has 0 saturated carbocycles. The lowest BCUT2D eigenvalue weighted by molar-refractivity contribution is 0.564. The molecule has 0 amide bonds. The van der Waals surface area contributed by atoms with Crippen molar-refractivity contribution < 1.29 is 4.42 Å². The Morgan fingerprint density at radius 1 is 1.17 bits per heavy atom. The van der Waals surface area contributed by atoms with Crippen LogP contribution in [0.5, 0.6) is 0 Å². The zero-order valence-electron chi connectivity index (χ0n) is 10.7. The van der Waals surface area contributed by atoms with Crippen LogP contribution in [0.1, 0.15) is 25.2 Å². The smallest absolute Gasteiger partial charge is 0.132 e. The number of aryl methyl sites for hydroxylation is 1. The summed E-state index contributed by atoms with van der Waals surface area (Å²) in [5, 5.41) is 6.48. The fourth-order valence-corrected chi connectivity index (χ4v) is 1.60. The van der Waals surface area contributed by atoms with Crippen molar-refractivity contribution in [1.82, 2.24) is 9.97 Å². The van der Waals surface area contributed by atoms with Gasteiger partial charge in [0.2, 0.25) is 0 Å². The molecule has 0 aliphatic heterocycles. The third kappa shape index (κ3) is 3.23. The Morgan fingerprint density at radius 2 is 1.94 bits per heavy atom. The Hall–Kier alpha value is -2.04. The van der Waals surface area contributed by atoms with Gasteiger partial charge < -0.3 is 15.1 Å². The summed E-state index contributed by atoms with van der Waals surface area (Å²) in [6.07, 6.45) is 4.21. The molecule has 96 valence electrons. The Morgan fingerprint density at radius 3 is 2.56 bits per heavy atom. The van der Waals surface area contributed by atoms with Crippen molar-refractivity contribution in [2.75, 3.05) is 17.2 Å². The predicted molar refractivity (Wildman–Crippen MR) is 71.6 cm³/mol. The first-order chi connectivity index (χ1) is 8.81. The van der Waals surface area contributed by atoms with E-state index in [9.17, 15) is 0 Å². The van der Waals surface area contributed by atoms with Gasteiger partial charge in [-0.2, -0.15) is 0 Å². The molecule has 0 fully saturated rings. The molecule has 5 nitrogen and oxygen atoms in total. The number of rotatable bonds is 6. The number of nitrogens with zero attached hydrogens (tertiary/aromatic N) is 2. The van der Waals surface area contributed by atoms with Crippen molar-refractivity contribution in [2.45, 2.75) is 26.8 Å². The molecule has 0 saturated heterocycles. The Balaban J connectivity index is 2.08. The maximum Gasteiger partial charge on any atom is 0.132 e. The van der Waals surface area contributed by atoms with Crippen molar-refractivity contribution in [3.63, 3.8) is 0 Å². The lowest BCUT2D eigenvalue weighted by Crippen LogP contribution is -2.07. The summed E-state index contributed by atoms with van der Waals surface area (Å²) in [4.78, 5) is 8.85. The maximum absolute atomic E-state index is 5.03. The van der Waals surface area contributed by atoms with Crippen LogP contribution in [0, 0.1) is 0 Å². The van der Waals surface area contributed by atoms with Gasteiger partial charge >= 0.3 is 0 Å². The van der Waals surface area contributed by atoms with Gasteiger partial charge in [0.15, 0.2) is 0 Å². The third-order valence-corrected chi connectivity index (χ3v) is 2.50. The molecular formula is C13H18N4O.